The van der Waals surface area contributed by atoms with Crippen molar-refractivity contribution in [2.45, 2.75) is 57.7 Å². The van der Waals surface area contributed by atoms with Crippen LogP contribution in [0.1, 0.15) is 48.1 Å². The number of nitrogens with one attached hydrogen (secondary N) is 1. The number of amides is 2. The molecule has 0 bridgehead atoms. The predicted octanol–water partition coefficient (Wildman–Crippen LogP) is 3.07. The highest BCUT2D eigenvalue weighted by atomic mass is 16.5. The largest absolute Gasteiger partial charge is 0.496 e. The third-order valence-electron chi connectivity index (χ3n) is 5.82. The van der Waals surface area contributed by atoms with Crippen molar-refractivity contribution in [2.75, 3.05) is 14.2 Å². The van der Waals surface area contributed by atoms with Gasteiger partial charge in [-0.2, -0.15) is 0 Å². The number of pyridine rings is 2. The summed E-state index contributed by atoms with van der Waals surface area (Å²) in [5.74, 6) is 0.811. The minimum absolute atomic E-state index is 0.0449. The van der Waals surface area contributed by atoms with Crippen molar-refractivity contribution in [1.29, 1.82) is 0 Å². The second-order valence-corrected chi connectivity index (χ2v) is 7.90. The Kier molecular flexibility index (Phi) is 6.37. The summed E-state index contributed by atoms with van der Waals surface area (Å²) >= 11 is 0. The summed E-state index contributed by atoms with van der Waals surface area (Å²) in [5.41, 5.74) is 2.73. The number of methoxy groups -OCH3 is 1. The number of rotatable bonds is 5. The number of aliphatic hydroxyl groups is 1. The van der Waals surface area contributed by atoms with Crippen molar-refractivity contribution in [3.8, 4) is 5.75 Å². The molecule has 7 nitrogen and oxygen atoms in total. The number of aryl methyl sites for hydroxylation is 1. The Hall–Kier alpha value is -2.67. The third kappa shape index (κ3) is 4.67. The molecule has 1 aliphatic carbocycles. The summed E-state index contributed by atoms with van der Waals surface area (Å²) in [6.45, 7) is 4.32. The van der Waals surface area contributed by atoms with Crippen LogP contribution in [0.3, 0.4) is 0 Å². The van der Waals surface area contributed by atoms with E-state index in [1.807, 2.05) is 26.0 Å². The minimum Gasteiger partial charge on any atom is -0.496 e. The number of hydrogen-bond donors (Lipinski definition) is 2. The minimum atomic E-state index is -0.860. The fourth-order valence-corrected chi connectivity index (χ4v) is 3.98. The lowest BCUT2D eigenvalue weighted by Gasteiger charge is -2.37. The van der Waals surface area contributed by atoms with Crippen molar-refractivity contribution in [3.05, 3.63) is 53.1 Å². The molecular formula is C22H30N4O3. The Morgan fingerprint density at radius 1 is 1.34 bits per heavy atom. The van der Waals surface area contributed by atoms with Gasteiger partial charge in [-0.25, -0.2) is 4.79 Å². The molecule has 2 N–H and O–H groups in total. The van der Waals surface area contributed by atoms with Crippen LogP contribution in [0.15, 0.2) is 30.7 Å². The molecule has 2 heterocycles. The second-order valence-electron chi connectivity index (χ2n) is 7.90. The maximum absolute atomic E-state index is 12.7. The summed E-state index contributed by atoms with van der Waals surface area (Å²) in [4.78, 5) is 22.9. The number of nitrogens with zero attached hydrogens (tertiary/aromatic N) is 3. The van der Waals surface area contributed by atoms with Crippen LogP contribution in [-0.2, 0) is 12.1 Å². The van der Waals surface area contributed by atoms with E-state index in [9.17, 15) is 9.90 Å². The zero-order valence-corrected chi connectivity index (χ0v) is 17.6. The van der Waals surface area contributed by atoms with Gasteiger partial charge >= 0.3 is 6.03 Å². The summed E-state index contributed by atoms with van der Waals surface area (Å²) in [6.07, 6.45) is 7.84. The van der Waals surface area contributed by atoms with Gasteiger partial charge in [0.25, 0.3) is 0 Å². The molecule has 0 spiro atoms. The molecule has 1 aliphatic rings. The van der Waals surface area contributed by atoms with E-state index in [1.54, 1.807) is 37.6 Å². The van der Waals surface area contributed by atoms with Crippen molar-refractivity contribution in [1.82, 2.24) is 20.2 Å². The number of carbonyl (C=O) groups excluding carboxylic acids is 1. The fraction of sp³-hybridized carbons (Fsp3) is 0.500. The molecule has 2 amide bonds. The van der Waals surface area contributed by atoms with Crippen molar-refractivity contribution >= 4 is 6.03 Å². The van der Waals surface area contributed by atoms with E-state index in [-0.39, 0.29) is 12.1 Å². The Morgan fingerprint density at radius 2 is 2.07 bits per heavy atom. The van der Waals surface area contributed by atoms with Gasteiger partial charge in [-0.3, -0.25) is 9.97 Å². The maximum Gasteiger partial charge on any atom is 0.317 e. The van der Waals surface area contributed by atoms with Crippen molar-refractivity contribution < 1.29 is 14.6 Å². The van der Waals surface area contributed by atoms with Gasteiger partial charge in [0.05, 0.1) is 24.9 Å². The Balaban J connectivity index is 1.56. The van der Waals surface area contributed by atoms with Gasteiger partial charge in [0.15, 0.2) is 0 Å². The molecule has 29 heavy (non-hydrogen) atoms. The summed E-state index contributed by atoms with van der Waals surface area (Å²) in [7, 11) is 3.41. The number of ether oxygens (including phenoxy) is 1. The molecule has 7 heteroatoms. The standard InChI is InChI=1S/C22H30N4O3/c1-15-12-24-19(16(2)20(15)29-4)14-26(3)21(27)25-18-7-9-22(28,10-8-18)17-6-5-11-23-13-17/h5-6,11-13,18,28H,7-10,14H2,1-4H3,(H,25,27). The zero-order valence-electron chi connectivity index (χ0n) is 17.6. The van der Waals surface area contributed by atoms with E-state index in [4.69, 9.17) is 4.74 Å². The molecule has 0 atom stereocenters. The molecule has 3 rings (SSSR count). The molecule has 0 aromatic carbocycles. The molecule has 156 valence electrons. The van der Waals surface area contributed by atoms with E-state index in [2.05, 4.69) is 15.3 Å². The summed E-state index contributed by atoms with van der Waals surface area (Å²) < 4.78 is 5.45. The summed E-state index contributed by atoms with van der Waals surface area (Å²) in [6, 6.07) is 3.66. The molecule has 0 radical (unpaired) electrons. The normalized spacial score (nSPS) is 21.5. The highest BCUT2D eigenvalue weighted by Crippen LogP contribution is 2.36. The van der Waals surface area contributed by atoms with Crippen LogP contribution in [0.25, 0.3) is 0 Å². The summed E-state index contributed by atoms with van der Waals surface area (Å²) in [5, 5.41) is 14.0. The van der Waals surface area contributed by atoms with Crippen LogP contribution in [0, 0.1) is 13.8 Å². The van der Waals surface area contributed by atoms with E-state index < -0.39 is 5.60 Å². The topological polar surface area (TPSA) is 87.6 Å². The van der Waals surface area contributed by atoms with Gasteiger partial charge in [0, 0.05) is 48.4 Å². The lowest BCUT2D eigenvalue weighted by molar-refractivity contribution is -0.00796. The first-order valence-corrected chi connectivity index (χ1v) is 9.97. The predicted molar refractivity (Wildman–Crippen MR) is 111 cm³/mol. The van der Waals surface area contributed by atoms with Gasteiger partial charge < -0.3 is 20.1 Å². The van der Waals surface area contributed by atoms with E-state index >= 15 is 0 Å². The van der Waals surface area contributed by atoms with Gasteiger partial charge in [0.2, 0.25) is 0 Å². The molecule has 1 fully saturated rings. The molecule has 1 saturated carbocycles. The zero-order chi connectivity index (χ0) is 21.0. The molecular weight excluding hydrogens is 368 g/mol. The van der Waals surface area contributed by atoms with E-state index in [0.717, 1.165) is 41.0 Å². The number of carbonyl (C=O) groups is 1. The Labute approximate surface area is 172 Å². The van der Waals surface area contributed by atoms with Crippen LogP contribution in [0.4, 0.5) is 4.79 Å². The molecule has 0 unspecified atom stereocenters. The maximum atomic E-state index is 12.7. The lowest BCUT2D eigenvalue weighted by atomic mass is 9.78. The molecule has 0 saturated heterocycles. The average Bonchev–Trinajstić information content (AvgIpc) is 2.73. The Morgan fingerprint density at radius 3 is 2.69 bits per heavy atom. The van der Waals surface area contributed by atoms with Gasteiger partial charge in [-0.05, 0) is 45.6 Å². The molecule has 2 aromatic heterocycles. The highest BCUT2D eigenvalue weighted by molar-refractivity contribution is 5.74. The number of hydrogen-bond acceptors (Lipinski definition) is 5. The van der Waals surface area contributed by atoms with Gasteiger partial charge in [-0.15, -0.1) is 0 Å². The fourth-order valence-electron chi connectivity index (χ4n) is 3.98. The average molecular weight is 399 g/mol. The Bertz CT molecular complexity index is 849. The van der Waals surface area contributed by atoms with Crippen LogP contribution < -0.4 is 10.1 Å². The lowest BCUT2D eigenvalue weighted by Crippen LogP contribution is -2.46. The number of urea groups is 1. The van der Waals surface area contributed by atoms with Crippen molar-refractivity contribution in [2.24, 2.45) is 0 Å². The smallest absolute Gasteiger partial charge is 0.317 e. The van der Waals surface area contributed by atoms with Gasteiger partial charge in [0.1, 0.15) is 5.75 Å². The first-order valence-electron chi connectivity index (χ1n) is 9.97. The monoisotopic (exact) mass is 398 g/mol. The van der Waals surface area contributed by atoms with Crippen LogP contribution >= 0.6 is 0 Å². The SMILES string of the molecule is COc1c(C)cnc(CN(C)C(=O)NC2CCC(O)(c3cccnc3)CC2)c1C. The molecule has 0 aliphatic heterocycles. The quantitative estimate of drug-likeness (QED) is 0.808. The first-order chi connectivity index (χ1) is 13.8. The van der Waals surface area contributed by atoms with Crippen molar-refractivity contribution in [3.63, 3.8) is 0 Å². The molecule has 2 aromatic rings. The van der Waals surface area contributed by atoms with Gasteiger partial charge in [-0.1, -0.05) is 6.07 Å². The third-order valence-corrected chi connectivity index (χ3v) is 5.82. The van der Waals surface area contributed by atoms with Crippen LogP contribution in [0.2, 0.25) is 0 Å². The van der Waals surface area contributed by atoms with E-state index in [1.165, 1.54) is 0 Å². The van der Waals surface area contributed by atoms with Crippen LogP contribution in [-0.4, -0.2) is 46.2 Å². The second kappa shape index (κ2) is 8.78. The van der Waals surface area contributed by atoms with Crippen LogP contribution in [0.5, 0.6) is 5.75 Å². The number of aromatic nitrogens is 2. The van der Waals surface area contributed by atoms with E-state index in [0.29, 0.717) is 19.4 Å². The highest BCUT2D eigenvalue weighted by Gasteiger charge is 2.35. The first kappa shape index (κ1) is 21.0.